The number of aliphatic hydroxyl groups is 1. The largest absolute Gasteiger partial charge is 0.439 e. The van der Waals surface area contributed by atoms with Crippen LogP contribution in [0.15, 0.2) is 42.6 Å². The van der Waals surface area contributed by atoms with E-state index in [1.807, 2.05) is 44.2 Å². The first-order chi connectivity index (χ1) is 11.0. The van der Waals surface area contributed by atoms with Crippen LogP contribution in [-0.2, 0) is 11.3 Å². The highest BCUT2D eigenvalue weighted by Gasteiger charge is 2.35. The Morgan fingerprint density at radius 3 is 2.57 bits per heavy atom. The number of nitrogens with zero attached hydrogens (tertiary/aromatic N) is 2. The Labute approximate surface area is 135 Å². The van der Waals surface area contributed by atoms with Crippen molar-refractivity contribution in [3.63, 3.8) is 0 Å². The van der Waals surface area contributed by atoms with E-state index in [9.17, 15) is 9.90 Å². The molecule has 0 bridgehead atoms. The lowest BCUT2D eigenvalue weighted by atomic mass is 10.2. The number of carbonyl (C=O) groups excluding carboxylic acids is 1. The van der Waals surface area contributed by atoms with Crippen molar-refractivity contribution in [2.24, 2.45) is 0 Å². The van der Waals surface area contributed by atoms with Crippen LogP contribution in [0.25, 0.3) is 0 Å². The Balaban J connectivity index is 1.65. The van der Waals surface area contributed by atoms with Crippen molar-refractivity contribution in [1.82, 2.24) is 9.88 Å². The van der Waals surface area contributed by atoms with Gasteiger partial charge < -0.3 is 14.7 Å². The SMILES string of the molecule is Cc1ccc(Oc2ccc(CN3C(=O)C[C@H](O)[C@@H]3C)cn2)cc1. The van der Waals surface area contributed by atoms with E-state index < -0.39 is 6.10 Å². The number of ether oxygens (including phenoxy) is 1. The van der Waals surface area contributed by atoms with Gasteiger partial charge in [-0.15, -0.1) is 0 Å². The zero-order valence-electron chi connectivity index (χ0n) is 13.3. The number of carbonyl (C=O) groups is 1. The van der Waals surface area contributed by atoms with E-state index in [4.69, 9.17) is 4.74 Å². The van der Waals surface area contributed by atoms with Gasteiger partial charge in [0.2, 0.25) is 11.8 Å². The van der Waals surface area contributed by atoms with E-state index in [2.05, 4.69) is 4.98 Å². The molecular formula is C18H20N2O3. The topological polar surface area (TPSA) is 62.7 Å². The van der Waals surface area contributed by atoms with Gasteiger partial charge >= 0.3 is 0 Å². The summed E-state index contributed by atoms with van der Waals surface area (Å²) >= 11 is 0. The molecule has 3 rings (SSSR count). The van der Waals surface area contributed by atoms with E-state index in [1.165, 1.54) is 5.56 Å². The quantitative estimate of drug-likeness (QED) is 0.943. The smallest absolute Gasteiger partial charge is 0.225 e. The van der Waals surface area contributed by atoms with E-state index in [1.54, 1.807) is 17.2 Å². The highest BCUT2D eigenvalue weighted by molar-refractivity contribution is 5.79. The van der Waals surface area contributed by atoms with Crippen LogP contribution < -0.4 is 4.74 Å². The first kappa shape index (κ1) is 15.5. The second-order valence-electron chi connectivity index (χ2n) is 5.95. The van der Waals surface area contributed by atoms with Crippen LogP contribution >= 0.6 is 0 Å². The summed E-state index contributed by atoms with van der Waals surface area (Å²) in [4.78, 5) is 17.8. The highest BCUT2D eigenvalue weighted by Crippen LogP contribution is 2.23. The van der Waals surface area contributed by atoms with Gasteiger partial charge in [0.15, 0.2) is 0 Å². The third-order valence-corrected chi connectivity index (χ3v) is 4.15. The number of hydrogen-bond acceptors (Lipinski definition) is 4. The normalized spacial score (nSPS) is 20.8. The molecule has 2 aromatic rings. The third-order valence-electron chi connectivity index (χ3n) is 4.15. The average molecular weight is 312 g/mol. The van der Waals surface area contributed by atoms with Crippen molar-refractivity contribution >= 4 is 5.91 Å². The Morgan fingerprint density at radius 2 is 2.00 bits per heavy atom. The van der Waals surface area contributed by atoms with E-state index in [-0.39, 0.29) is 18.4 Å². The molecule has 5 nitrogen and oxygen atoms in total. The standard InChI is InChI=1S/C18H20N2O3/c1-12-3-6-15(7-4-12)23-17-8-5-14(10-19-17)11-20-13(2)16(21)9-18(20)22/h3-8,10,13,16,21H,9,11H2,1-2H3/t13-,16-/m0/s1. The van der Waals surface area contributed by atoms with Gasteiger partial charge in [-0.05, 0) is 31.5 Å². The molecule has 1 N–H and O–H groups in total. The summed E-state index contributed by atoms with van der Waals surface area (Å²) in [5.74, 6) is 1.23. The fourth-order valence-corrected chi connectivity index (χ4v) is 2.62. The van der Waals surface area contributed by atoms with Crippen molar-refractivity contribution in [1.29, 1.82) is 0 Å². The van der Waals surface area contributed by atoms with Gasteiger partial charge in [0.1, 0.15) is 5.75 Å². The lowest BCUT2D eigenvalue weighted by Gasteiger charge is -2.22. The third kappa shape index (κ3) is 3.51. The Hall–Kier alpha value is -2.40. The summed E-state index contributed by atoms with van der Waals surface area (Å²) in [6.07, 6.45) is 1.32. The zero-order chi connectivity index (χ0) is 16.4. The monoisotopic (exact) mass is 312 g/mol. The number of aromatic nitrogens is 1. The first-order valence-electron chi connectivity index (χ1n) is 7.70. The maximum atomic E-state index is 11.9. The molecule has 0 saturated carbocycles. The van der Waals surface area contributed by atoms with Crippen molar-refractivity contribution in [3.8, 4) is 11.6 Å². The van der Waals surface area contributed by atoms with Crippen LogP contribution in [0, 0.1) is 6.92 Å². The van der Waals surface area contributed by atoms with Gasteiger partial charge in [-0.2, -0.15) is 0 Å². The van der Waals surface area contributed by atoms with Crippen molar-refractivity contribution < 1.29 is 14.6 Å². The molecule has 23 heavy (non-hydrogen) atoms. The molecule has 1 amide bonds. The highest BCUT2D eigenvalue weighted by atomic mass is 16.5. The van der Waals surface area contributed by atoms with Crippen LogP contribution in [0.3, 0.4) is 0 Å². The minimum Gasteiger partial charge on any atom is -0.439 e. The molecule has 1 aliphatic heterocycles. The van der Waals surface area contributed by atoms with E-state index in [0.717, 1.165) is 11.3 Å². The number of amides is 1. The van der Waals surface area contributed by atoms with Gasteiger partial charge in [0.05, 0.1) is 18.6 Å². The van der Waals surface area contributed by atoms with Gasteiger partial charge in [0, 0.05) is 18.8 Å². The molecule has 5 heteroatoms. The summed E-state index contributed by atoms with van der Waals surface area (Å²) in [5, 5.41) is 9.75. The van der Waals surface area contributed by atoms with Crippen molar-refractivity contribution in [2.45, 2.75) is 39.0 Å². The number of hydrogen-bond donors (Lipinski definition) is 1. The zero-order valence-corrected chi connectivity index (χ0v) is 13.3. The lowest BCUT2D eigenvalue weighted by Crippen LogP contribution is -2.33. The number of aryl methyl sites for hydroxylation is 1. The van der Waals surface area contributed by atoms with Crippen molar-refractivity contribution in [3.05, 3.63) is 53.7 Å². The van der Waals surface area contributed by atoms with Gasteiger partial charge in [0.25, 0.3) is 0 Å². The van der Waals surface area contributed by atoms with Crippen LogP contribution in [0.2, 0.25) is 0 Å². The van der Waals surface area contributed by atoms with Crippen LogP contribution in [0.5, 0.6) is 11.6 Å². The Kier molecular flexibility index (Phi) is 4.30. The lowest BCUT2D eigenvalue weighted by molar-refractivity contribution is -0.129. The summed E-state index contributed by atoms with van der Waals surface area (Å²) in [6.45, 7) is 4.33. The second-order valence-corrected chi connectivity index (χ2v) is 5.95. The molecule has 0 radical (unpaired) electrons. The first-order valence-corrected chi connectivity index (χ1v) is 7.70. The van der Waals surface area contributed by atoms with E-state index >= 15 is 0 Å². The molecule has 0 aliphatic carbocycles. The van der Waals surface area contributed by atoms with Gasteiger partial charge in [-0.25, -0.2) is 4.98 Å². The minimum absolute atomic E-state index is 0.0232. The molecular weight excluding hydrogens is 292 g/mol. The maximum absolute atomic E-state index is 11.9. The fourth-order valence-electron chi connectivity index (χ4n) is 2.62. The maximum Gasteiger partial charge on any atom is 0.225 e. The molecule has 120 valence electrons. The summed E-state index contributed by atoms with van der Waals surface area (Å²) in [6, 6.07) is 11.3. The number of rotatable bonds is 4. The van der Waals surface area contributed by atoms with Gasteiger partial charge in [-0.3, -0.25) is 4.79 Å². The van der Waals surface area contributed by atoms with Crippen LogP contribution in [0.1, 0.15) is 24.5 Å². The molecule has 1 aliphatic rings. The van der Waals surface area contributed by atoms with E-state index in [0.29, 0.717) is 12.4 Å². The predicted molar refractivity (Wildman–Crippen MR) is 86.1 cm³/mol. The summed E-state index contributed by atoms with van der Waals surface area (Å²) in [5.41, 5.74) is 2.09. The summed E-state index contributed by atoms with van der Waals surface area (Å²) in [7, 11) is 0. The summed E-state index contributed by atoms with van der Waals surface area (Å²) < 4.78 is 5.69. The van der Waals surface area contributed by atoms with Crippen LogP contribution in [-0.4, -0.2) is 33.0 Å². The molecule has 2 atom stereocenters. The molecule has 1 aromatic carbocycles. The molecule has 2 heterocycles. The average Bonchev–Trinajstić information content (AvgIpc) is 2.78. The Morgan fingerprint density at radius 1 is 1.26 bits per heavy atom. The molecule has 0 spiro atoms. The molecule has 0 unspecified atom stereocenters. The number of benzene rings is 1. The van der Waals surface area contributed by atoms with Crippen molar-refractivity contribution in [2.75, 3.05) is 0 Å². The van der Waals surface area contributed by atoms with Gasteiger partial charge in [-0.1, -0.05) is 23.8 Å². The molecule has 1 aromatic heterocycles. The number of likely N-dealkylation sites (tertiary alicyclic amines) is 1. The molecule has 1 fully saturated rings. The predicted octanol–water partition coefficient (Wildman–Crippen LogP) is 2.66. The minimum atomic E-state index is -0.584. The number of aliphatic hydroxyl groups excluding tert-OH is 1. The second kappa shape index (κ2) is 6.38. The number of pyridine rings is 1. The fraction of sp³-hybridized carbons (Fsp3) is 0.333. The molecule has 1 saturated heterocycles. The Bertz CT molecular complexity index is 682. The van der Waals surface area contributed by atoms with Crippen LogP contribution in [0.4, 0.5) is 0 Å².